The van der Waals surface area contributed by atoms with Crippen molar-refractivity contribution in [3.8, 4) is 0 Å². The average Bonchev–Trinajstić information content (AvgIpc) is 2.59. The zero-order valence-electron chi connectivity index (χ0n) is 13.5. The van der Waals surface area contributed by atoms with E-state index in [1.54, 1.807) is 12.3 Å². The van der Waals surface area contributed by atoms with E-state index < -0.39 is 0 Å². The standard InChI is InChI=1S/C18H23N3O2/c1-2-3-12-23-13-6-11-19-18(22)10-9-15-14-20-16-7-4-5-8-17(16)21-15/h4-5,7-10,14H,2-3,6,11-13H2,1H3,(H,19,22)/b10-9+. The van der Waals surface area contributed by atoms with Crippen molar-refractivity contribution in [2.75, 3.05) is 19.8 Å². The lowest BCUT2D eigenvalue weighted by Crippen LogP contribution is -2.23. The molecule has 0 aliphatic heterocycles. The number of amides is 1. The van der Waals surface area contributed by atoms with Gasteiger partial charge in [-0.2, -0.15) is 0 Å². The molecule has 0 spiro atoms. The second-order valence-electron chi connectivity index (χ2n) is 5.23. The van der Waals surface area contributed by atoms with Crippen molar-refractivity contribution < 1.29 is 9.53 Å². The molecule has 0 aliphatic carbocycles. The summed E-state index contributed by atoms with van der Waals surface area (Å²) in [6, 6.07) is 7.65. The minimum absolute atomic E-state index is 0.131. The smallest absolute Gasteiger partial charge is 0.244 e. The molecule has 1 N–H and O–H groups in total. The maximum absolute atomic E-state index is 11.7. The van der Waals surface area contributed by atoms with Crippen LogP contribution in [-0.2, 0) is 9.53 Å². The summed E-state index contributed by atoms with van der Waals surface area (Å²) >= 11 is 0. The van der Waals surface area contributed by atoms with Gasteiger partial charge >= 0.3 is 0 Å². The molecular weight excluding hydrogens is 290 g/mol. The van der Waals surface area contributed by atoms with Crippen LogP contribution in [-0.4, -0.2) is 35.6 Å². The van der Waals surface area contributed by atoms with Crippen LogP contribution in [0.4, 0.5) is 0 Å². The number of fused-ring (bicyclic) bond motifs is 1. The Labute approximate surface area is 136 Å². The van der Waals surface area contributed by atoms with Crippen LogP contribution in [0.2, 0.25) is 0 Å². The summed E-state index contributed by atoms with van der Waals surface area (Å²) in [5.41, 5.74) is 2.33. The van der Waals surface area contributed by atoms with Gasteiger partial charge in [0.15, 0.2) is 0 Å². The van der Waals surface area contributed by atoms with E-state index in [0.717, 1.165) is 36.9 Å². The van der Waals surface area contributed by atoms with Crippen LogP contribution in [0.3, 0.4) is 0 Å². The van der Waals surface area contributed by atoms with E-state index in [4.69, 9.17) is 4.74 Å². The molecule has 1 aromatic carbocycles. The summed E-state index contributed by atoms with van der Waals surface area (Å²) < 4.78 is 5.44. The molecule has 1 heterocycles. The Kier molecular flexibility index (Phi) is 7.20. The fourth-order valence-electron chi connectivity index (χ4n) is 2.01. The molecule has 0 fully saturated rings. The lowest BCUT2D eigenvalue weighted by atomic mass is 10.3. The molecule has 23 heavy (non-hydrogen) atoms. The van der Waals surface area contributed by atoms with Crippen LogP contribution < -0.4 is 5.32 Å². The summed E-state index contributed by atoms with van der Waals surface area (Å²) in [4.78, 5) is 20.5. The topological polar surface area (TPSA) is 64.1 Å². The molecule has 5 nitrogen and oxygen atoms in total. The predicted octanol–water partition coefficient (Wildman–Crippen LogP) is 2.97. The summed E-state index contributed by atoms with van der Waals surface area (Å²) in [7, 11) is 0. The van der Waals surface area contributed by atoms with Crippen molar-refractivity contribution in [3.63, 3.8) is 0 Å². The number of aromatic nitrogens is 2. The Hall–Kier alpha value is -2.27. The number of nitrogens with zero attached hydrogens (tertiary/aromatic N) is 2. The van der Waals surface area contributed by atoms with Crippen molar-refractivity contribution in [1.82, 2.24) is 15.3 Å². The molecule has 0 saturated heterocycles. The number of carbonyl (C=O) groups is 1. The predicted molar refractivity (Wildman–Crippen MR) is 91.9 cm³/mol. The minimum atomic E-state index is -0.131. The normalized spacial score (nSPS) is 11.2. The highest BCUT2D eigenvalue weighted by molar-refractivity contribution is 5.91. The first-order valence-electron chi connectivity index (χ1n) is 8.05. The van der Waals surface area contributed by atoms with Crippen molar-refractivity contribution in [2.24, 2.45) is 0 Å². The largest absolute Gasteiger partial charge is 0.381 e. The number of rotatable bonds is 9. The third kappa shape index (κ3) is 6.16. The van der Waals surface area contributed by atoms with Crippen LogP contribution in [0.25, 0.3) is 17.1 Å². The third-order valence-electron chi connectivity index (χ3n) is 3.28. The lowest BCUT2D eigenvalue weighted by Gasteiger charge is -2.04. The molecule has 0 atom stereocenters. The molecule has 1 aromatic heterocycles. The number of benzene rings is 1. The molecule has 0 bridgehead atoms. The molecule has 0 radical (unpaired) electrons. The lowest BCUT2D eigenvalue weighted by molar-refractivity contribution is -0.116. The summed E-state index contributed by atoms with van der Waals surface area (Å²) in [6.07, 6.45) is 7.86. The first-order chi connectivity index (χ1) is 11.3. The van der Waals surface area contributed by atoms with Gasteiger partial charge in [0.05, 0.1) is 22.9 Å². The number of carbonyl (C=O) groups excluding carboxylic acids is 1. The second kappa shape index (κ2) is 9.69. The maximum Gasteiger partial charge on any atom is 0.244 e. The van der Waals surface area contributed by atoms with Crippen LogP contribution in [0, 0.1) is 0 Å². The van der Waals surface area contributed by atoms with Gasteiger partial charge in [0, 0.05) is 25.8 Å². The number of para-hydroxylation sites is 2. The van der Waals surface area contributed by atoms with Gasteiger partial charge < -0.3 is 10.1 Å². The second-order valence-corrected chi connectivity index (χ2v) is 5.23. The quantitative estimate of drug-likeness (QED) is 0.571. The number of nitrogens with one attached hydrogen (secondary N) is 1. The molecule has 0 aliphatic rings. The maximum atomic E-state index is 11.7. The summed E-state index contributed by atoms with van der Waals surface area (Å²) in [5, 5.41) is 2.83. The van der Waals surface area contributed by atoms with Crippen molar-refractivity contribution in [1.29, 1.82) is 0 Å². The van der Waals surface area contributed by atoms with Gasteiger partial charge in [-0.25, -0.2) is 4.98 Å². The van der Waals surface area contributed by atoms with Crippen molar-refractivity contribution in [3.05, 3.63) is 42.2 Å². The van der Waals surface area contributed by atoms with Gasteiger partial charge in [0.25, 0.3) is 0 Å². The van der Waals surface area contributed by atoms with Gasteiger partial charge in [0.2, 0.25) is 5.91 Å². The Balaban J connectivity index is 1.72. The highest BCUT2D eigenvalue weighted by Crippen LogP contribution is 2.09. The Morgan fingerprint density at radius 1 is 1.22 bits per heavy atom. The fourth-order valence-corrected chi connectivity index (χ4v) is 2.01. The summed E-state index contributed by atoms with van der Waals surface area (Å²) in [5.74, 6) is -0.131. The number of ether oxygens (including phenoxy) is 1. The van der Waals surface area contributed by atoms with Crippen LogP contribution >= 0.6 is 0 Å². The third-order valence-corrected chi connectivity index (χ3v) is 3.28. The number of hydrogen-bond acceptors (Lipinski definition) is 4. The highest BCUT2D eigenvalue weighted by Gasteiger charge is 1.98. The van der Waals surface area contributed by atoms with Crippen molar-refractivity contribution in [2.45, 2.75) is 26.2 Å². The van der Waals surface area contributed by atoms with Gasteiger partial charge in [-0.1, -0.05) is 25.5 Å². The molecule has 2 rings (SSSR count). The van der Waals surface area contributed by atoms with E-state index in [2.05, 4.69) is 22.2 Å². The summed E-state index contributed by atoms with van der Waals surface area (Å²) in [6.45, 7) is 4.22. The minimum Gasteiger partial charge on any atom is -0.381 e. The first kappa shape index (κ1) is 17.1. The zero-order chi connectivity index (χ0) is 16.3. The SMILES string of the molecule is CCCCOCCCNC(=O)/C=C/c1cnc2ccccc2n1. The van der Waals surface area contributed by atoms with E-state index in [9.17, 15) is 4.79 Å². The molecule has 1 amide bonds. The highest BCUT2D eigenvalue weighted by atomic mass is 16.5. The van der Waals surface area contributed by atoms with Gasteiger partial charge in [-0.05, 0) is 31.1 Å². The van der Waals surface area contributed by atoms with Crippen molar-refractivity contribution >= 4 is 23.0 Å². The van der Waals surface area contributed by atoms with Crippen LogP contribution in [0.5, 0.6) is 0 Å². The molecule has 122 valence electrons. The van der Waals surface area contributed by atoms with Crippen LogP contribution in [0.15, 0.2) is 36.5 Å². The number of hydrogen-bond donors (Lipinski definition) is 1. The fraction of sp³-hybridized carbons (Fsp3) is 0.389. The molecule has 5 heteroatoms. The Morgan fingerprint density at radius 3 is 2.83 bits per heavy atom. The van der Waals surface area contributed by atoms with E-state index in [0.29, 0.717) is 18.8 Å². The van der Waals surface area contributed by atoms with Gasteiger partial charge in [-0.15, -0.1) is 0 Å². The van der Waals surface area contributed by atoms with E-state index in [1.165, 1.54) is 6.08 Å². The zero-order valence-corrected chi connectivity index (χ0v) is 13.5. The van der Waals surface area contributed by atoms with E-state index in [1.807, 2.05) is 24.3 Å². The first-order valence-corrected chi connectivity index (χ1v) is 8.05. The molecule has 2 aromatic rings. The van der Waals surface area contributed by atoms with E-state index >= 15 is 0 Å². The average molecular weight is 313 g/mol. The Bertz CT molecular complexity index is 656. The number of unbranched alkanes of at least 4 members (excludes halogenated alkanes) is 1. The van der Waals surface area contributed by atoms with Crippen LogP contribution in [0.1, 0.15) is 31.9 Å². The molecular formula is C18H23N3O2. The van der Waals surface area contributed by atoms with E-state index in [-0.39, 0.29) is 5.91 Å². The van der Waals surface area contributed by atoms with Gasteiger partial charge in [0.1, 0.15) is 0 Å². The van der Waals surface area contributed by atoms with Gasteiger partial charge in [-0.3, -0.25) is 9.78 Å². The Morgan fingerprint density at radius 2 is 2.00 bits per heavy atom. The molecule has 0 saturated carbocycles. The molecule has 0 unspecified atom stereocenters. The monoisotopic (exact) mass is 313 g/mol.